The molecule has 0 atom stereocenters. The van der Waals surface area contributed by atoms with Crippen LogP contribution in [0.1, 0.15) is 11.1 Å². The number of amides is 1. The van der Waals surface area contributed by atoms with E-state index in [1.807, 2.05) is 6.92 Å². The lowest BCUT2D eigenvalue weighted by Crippen LogP contribution is -2.32. The van der Waals surface area contributed by atoms with E-state index in [1.54, 1.807) is 35.9 Å². The van der Waals surface area contributed by atoms with Crippen molar-refractivity contribution in [3.05, 3.63) is 84.0 Å². The van der Waals surface area contributed by atoms with Crippen molar-refractivity contribution in [2.24, 2.45) is 4.40 Å². The largest absolute Gasteiger partial charge is 0.466 e. The number of carbonyl (C=O) groups is 3. The number of nitrogens with one attached hydrogen (secondary N) is 1. The molecule has 2 N–H and O–H groups in total. The molecule has 0 aliphatic rings. The van der Waals surface area contributed by atoms with Crippen molar-refractivity contribution in [3.8, 4) is 0 Å². The first-order chi connectivity index (χ1) is 19.5. The number of carbonyl (C=O) groups excluding carboxylic acids is 4. The number of hydrogen-bond acceptors (Lipinski definition) is 12. The Morgan fingerprint density at radius 3 is 1.64 bits per heavy atom. The zero-order valence-corrected chi connectivity index (χ0v) is 24.8. The van der Waals surface area contributed by atoms with Crippen LogP contribution in [0.3, 0.4) is 0 Å². The SMILES string of the molecule is C=C(CO)C(=O)OC.C=C(COC(=O)NS(=O)(=O)c1ccc(C)cc1)C(=O)OC.Cc1ccc(S(=O)(=O)N=C=O)cc1. The lowest BCUT2D eigenvalue weighted by molar-refractivity contribution is -0.137. The number of methoxy groups -OCH3 is 2. The van der Waals surface area contributed by atoms with Crippen molar-refractivity contribution in [1.29, 1.82) is 0 Å². The van der Waals surface area contributed by atoms with E-state index in [0.29, 0.717) is 0 Å². The third-order valence-corrected chi connectivity index (χ3v) is 7.05. The van der Waals surface area contributed by atoms with Crippen molar-refractivity contribution in [1.82, 2.24) is 4.72 Å². The number of ether oxygens (including phenoxy) is 3. The second kappa shape index (κ2) is 17.9. The highest BCUT2D eigenvalue weighted by Gasteiger charge is 2.19. The molecular weight excluding hydrogens is 596 g/mol. The van der Waals surface area contributed by atoms with Crippen molar-refractivity contribution < 1.29 is 55.3 Å². The number of benzene rings is 2. The number of isocyanates is 1. The predicted molar refractivity (Wildman–Crippen MR) is 149 cm³/mol. The molecule has 42 heavy (non-hydrogen) atoms. The molecule has 0 radical (unpaired) electrons. The average Bonchev–Trinajstić information content (AvgIpc) is 2.95. The first-order valence-electron chi connectivity index (χ1n) is 11.3. The maximum absolute atomic E-state index is 11.9. The number of aliphatic hydroxyl groups excluding tert-OH is 1. The molecule has 0 aromatic heterocycles. The Hall–Kier alpha value is -4.63. The van der Waals surface area contributed by atoms with E-state index >= 15 is 0 Å². The molecule has 0 aliphatic carbocycles. The van der Waals surface area contributed by atoms with Crippen LogP contribution < -0.4 is 4.72 Å². The van der Waals surface area contributed by atoms with Gasteiger partial charge >= 0.3 is 18.0 Å². The molecular formula is C26H30N2O12S2. The van der Waals surface area contributed by atoms with E-state index in [0.717, 1.165) is 24.3 Å². The quantitative estimate of drug-likeness (QED) is 0.134. The number of sulfonamides is 2. The highest BCUT2D eigenvalue weighted by molar-refractivity contribution is 7.90. The fraction of sp³-hybridized carbons (Fsp3) is 0.231. The summed E-state index contributed by atoms with van der Waals surface area (Å²) in [6, 6.07) is 12.0. The molecule has 14 nitrogen and oxygen atoms in total. The highest BCUT2D eigenvalue weighted by Crippen LogP contribution is 2.12. The van der Waals surface area contributed by atoms with Crippen molar-refractivity contribution >= 4 is 44.2 Å². The molecule has 2 aromatic carbocycles. The van der Waals surface area contributed by atoms with Gasteiger partial charge in [-0.2, -0.15) is 8.42 Å². The minimum absolute atomic E-state index is 0.00134. The second-order valence-electron chi connectivity index (χ2n) is 7.81. The fourth-order valence-corrected chi connectivity index (χ4v) is 3.87. The summed E-state index contributed by atoms with van der Waals surface area (Å²) >= 11 is 0. The topological polar surface area (TPSA) is 209 Å². The van der Waals surface area contributed by atoms with E-state index in [9.17, 15) is 36.0 Å². The summed E-state index contributed by atoms with van der Waals surface area (Å²) in [5.74, 6) is -1.31. The van der Waals surface area contributed by atoms with Gasteiger partial charge in [0.25, 0.3) is 26.1 Å². The Bertz CT molecular complexity index is 1510. The molecule has 0 saturated carbocycles. The first-order valence-corrected chi connectivity index (χ1v) is 14.3. The molecule has 228 valence electrons. The Kier molecular flexibility index (Phi) is 16.0. The molecule has 1 amide bonds. The van der Waals surface area contributed by atoms with Gasteiger partial charge in [0.05, 0.1) is 41.8 Å². The number of nitrogens with zero attached hydrogens (tertiary/aromatic N) is 1. The Labute approximate surface area is 243 Å². The number of aryl methyl sites for hydroxylation is 2. The minimum atomic E-state index is -4.02. The van der Waals surface area contributed by atoms with Gasteiger partial charge in [0.1, 0.15) is 6.61 Å². The van der Waals surface area contributed by atoms with E-state index in [-0.39, 0.29) is 27.5 Å². The van der Waals surface area contributed by atoms with E-state index in [4.69, 9.17) is 5.11 Å². The number of esters is 2. The lowest BCUT2D eigenvalue weighted by atomic mass is 10.2. The Balaban J connectivity index is 0.000000678. The first kappa shape index (κ1) is 37.4. The van der Waals surface area contributed by atoms with Gasteiger partial charge in [-0.15, -0.1) is 0 Å². The van der Waals surface area contributed by atoms with Crippen molar-refractivity contribution in [2.45, 2.75) is 23.6 Å². The van der Waals surface area contributed by atoms with Crippen LogP contribution in [0.2, 0.25) is 0 Å². The molecule has 0 unspecified atom stereocenters. The summed E-state index contributed by atoms with van der Waals surface area (Å²) in [6.07, 6.45) is -0.200. The van der Waals surface area contributed by atoms with Gasteiger partial charge in [0.15, 0.2) is 0 Å². The number of aliphatic hydroxyl groups is 1. The van der Waals surface area contributed by atoms with Gasteiger partial charge in [-0.3, -0.25) is 0 Å². The van der Waals surface area contributed by atoms with Gasteiger partial charge in [-0.25, -0.2) is 32.3 Å². The van der Waals surface area contributed by atoms with Gasteiger partial charge < -0.3 is 19.3 Å². The molecule has 0 spiro atoms. The van der Waals surface area contributed by atoms with Gasteiger partial charge in [-0.1, -0.05) is 52.9 Å². The van der Waals surface area contributed by atoms with Crippen LogP contribution in [-0.2, 0) is 48.6 Å². The molecule has 2 rings (SSSR count). The van der Waals surface area contributed by atoms with E-state index in [2.05, 4.69) is 31.8 Å². The second-order valence-corrected chi connectivity index (χ2v) is 11.1. The predicted octanol–water partition coefficient (Wildman–Crippen LogP) is 1.87. The highest BCUT2D eigenvalue weighted by atomic mass is 32.2. The van der Waals surface area contributed by atoms with Crippen LogP contribution in [0.15, 0.2) is 87.0 Å². The van der Waals surface area contributed by atoms with Crippen molar-refractivity contribution in [2.75, 3.05) is 27.4 Å². The summed E-state index contributed by atoms with van der Waals surface area (Å²) < 4.78 is 63.5. The fourth-order valence-electron chi connectivity index (χ4n) is 2.29. The minimum Gasteiger partial charge on any atom is -0.466 e. The van der Waals surface area contributed by atoms with Crippen LogP contribution in [-0.4, -0.2) is 73.5 Å². The summed E-state index contributed by atoms with van der Waals surface area (Å²) in [5, 5.41) is 8.24. The van der Waals surface area contributed by atoms with Crippen LogP contribution in [0.4, 0.5) is 4.79 Å². The maximum Gasteiger partial charge on any atom is 0.421 e. The summed E-state index contributed by atoms with van der Waals surface area (Å²) in [7, 11) is -5.46. The van der Waals surface area contributed by atoms with Crippen LogP contribution in [0.5, 0.6) is 0 Å². The molecule has 0 fully saturated rings. The zero-order chi connectivity index (χ0) is 32.5. The van der Waals surface area contributed by atoms with Crippen LogP contribution in [0, 0.1) is 13.8 Å². The third-order valence-electron chi connectivity index (χ3n) is 4.54. The average molecular weight is 627 g/mol. The summed E-state index contributed by atoms with van der Waals surface area (Å²) in [6.45, 7) is 9.38. The zero-order valence-electron chi connectivity index (χ0n) is 23.1. The molecule has 0 heterocycles. The summed E-state index contributed by atoms with van der Waals surface area (Å²) in [5.41, 5.74) is 1.79. The number of hydrogen-bond donors (Lipinski definition) is 2. The molecule has 0 bridgehead atoms. The van der Waals surface area contributed by atoms with Gasteiger partial charge in [-0.05, 0) is 38.1 Å². The van der Waals surface area contributed by atoms with Crippen LogP contribution >= 0.6 is 0 Å². The molecule has 2 aromatic rings. The Morgan fingerprint density at radius 1 is 0.833 bits per heavy atom. The smallest absolute Gasteiger partial charge is 0.421 e. The molecule has 0 saturated heterocycles. The third kappa shape index (κ3) is 13.6. The molecule has 16 heteroatoms. The van der Waals surface area contributed by atoms with Crippen molar-refractivity contribution in [3.63, 3.8) is 0 Å². The monoisotopic (exact) mass is 626 g/mol. The maximum atomic E-state index is 11.9. The molecule has 0 aliphatic heterocycles. The van der Waals surface area contributed by atoms with Crippen LogP contribution in [0.25, 0.3) is 0 Å². The van der Waals surface area contributed by atoms with Gasteiger partial charge in [0.2, 0.25) is 0 Å². The number of rotatable bonds is 9. The Morgan fingerprint density at radius 2 is 1.26 bits per heavy atom. The summed E-state index contributed by atoms with van der Waals surface area (Å²) in [4.78, 5) is 42.4. The van der Waals surface area contributed by atoms with E-state index < -0.39 is 44.7 Å². The standard InChI is InChI=1S/C13H15NO6S.C8H7NO3S.C5H8O3/c1-9-4-6-11(7-5-9)21(17,18)14-13(16)20-8-10(2)12(15)19-3;1-7-2-4-8(5-3-7)13(11,12)9-6-10;1-4(3-6)5(7)8-2/h4-7H,2,8H2,1,3H3,(H,14,16);2-5H,1H3;6H,1,3H2,2H3. The lowest BCUT2D eigenvalue weighted by Gasteiger charge is -2.08. The normalized spacial score (nSPS) is 10.1. The van der Waals surface area contributed by atoms with Gasteiger partial charge in [0, 0.05) is 0 Å². The van der Waals surface area contributed by atoms with E-state index in [1.165, 1.54) is 31.4 Å².